The monoisotopic (exact) mass is 346 g/mol. The Bertz CT molecular complexity index is 983. The van der Waals surface area contributed by atoms with Crippen molar-refractivity contribution in [3.63, 3.8) is 0 Å². The average molecular weight is 346 g/mol. The summed E-state index contributed by atoms with van der Waals surface area (Å²) in [5, 5.41) is 18.9. The van der Waals surface area contributed by atoms with Crippen molar-refractivity contribution < 1.29 is 17.6 Å². The molecule has 0 atom stereocenters. The third-order valence-electron chi connectivity index (χ3n) is 3.62. The average Bonchev–Trinajstić information content (AvgIpc) is 3.02. The summed E-state index contributed by atoms with van der Waals surface area (Å²) in [5.74, 6) is -1.33. The van der Waals surface area contributed by atoms with Crippen LogP contribution in [0.1, 0.15) is 16.8 Å². The summed E-state index contributed by atoms with van der Waals surface area (Å²) in [6.45, 7) is 1.76. The second-order valence-electron chi connectivity index (χ2n) is 5.43. The highest BCUT2D eigenvalue weighted by atomic mass is 19.4. The van der Waals surface area contributed by atoms with Crippen molar-refractivity contribution in [2.45, 2.75) is 13.1 Å². The molecule has 2 aromatic carbocycles. The topological polar surface area (TPSA) is 65.4 Å². The van der Waals surface area contributed by atoms with Crippen LogP contribution in [-0.4, -0.2) is 15.4 Å². The number of nitrogens with one attached hydrogen (secondary N) is 1. The number of alkyl halides is 3. The van der Waals surface area contributed by atoms with E-state index >= 15 is 0 Å². The lowest BCUT2D eigenvalue weighted by Gasteiger charge is -2.11. The van der Waals surface area contributed by atoms with Gasteiger partial charge >= 0.3 is 6.18 Å². The zero-order valence-electron chi connectivity index (χ0n) is 12.8. The first-order valence-corrected chi connectivity index (χ1v) is 7.10. The number of H-pyrrole nitrogens is 1. The molecule has 0 spiro atoms. The highest BCUT2D eigenvalue weighted by Gasteiger charge is 2.34. The van der Waals surface area contributed by atoms with E-state index in [2.05, 4.69) is 15.4 Å². The molecule has 4 nitrogen and oxygen atoms in total. The van der Waals surface area contributed by atoms with E-state index in [4.69, 9.17) is 5.26 Å². The second kappa shape index (κ2) is 6.02. The van der Waals surface area contributed by atoms with Crippen molar-refractivity contribution in [1.29, 1.82) is 5.26 Å². The van der Waals surface area contributed by atoms with Crippen molar-refractivity contribution in [3.05, 3.63) is 59.0 Å². The van der Waals surface area contributed by atoms with Gasteiger partial charge in [-0.1, -0.05) is 17.3 Å². The van der Waals surface area contributed by atoms with Crippen molar-refractivity contribution in [1.82, 2.24) is 15.4 Å². The van der Waals surface area contributed by atoms with Gasteiger partial charge in [-0.25, -0.2) is 9.49 Å². The molecule has 126 valence electrons. The van der Waals surface area contributed by atoms with Crippen LogP contribution in [0.25, 0.3) is 22.4 Å². The zero-order valence-corrected chi connectivity index (χ0v) is 12.8. The van der Waals surface area contributed by atoms with E-state index in [1.54, 1.807) is 25.1 Å². The Labute approximate surface area is 139 Å². The summed E-state index contributed by atoms with van der Waals surface area (Å²) in [6, 6.07) is 9.72. The van der Waals surface area contributed by atoms with Crippen LogP contribution in [0.4, 0.5) is 17.6 Å². The molecule has 0 fully saturated rings. The molecule has 0 aliphatic carbocycles. The molecule has 8 heteroatoms. The summed E-state index contributed by atoms with van der Waals surface area (Å²) in [7, 11) is 0. The number of halogens is 4. The maximum Gasteiger partial charge on any atom is 0.419 e. The third kappa shape index (κ3) is 3.21. The van der Waals surface area contributed by atoms with E-state index in [0.29, 0.717) is 16.8 Å². The van der Waals surface area contributed by atoms with Gasteiger partial charge in [-0.15, -0.1) is 5.10 Å². The van der Waals surface area contributed by atoms with E-state index in [1.807, 2.05) is 6.07 Å². The minimum Gasteiger partial charge on any atom is -0.247 e. The van der Waals surface area contributed by atoms with Gasteiger partial charge in [-0.2, -0.15) is 18.4 Å². The number of rotatable bonds is 2. The first-order chi connectivity index (χ1) is 11.8. The fraction of sp³-hybridized carbons (Fsp3) is 0.118. The van der Waals surface area contributed by atoms with Crippen LogP contribution in [0.3, 0.4) is 0 Å². The van der Waals surface area contributed by atoms with Gasteiger partial charge in [-0.05, 0) is 47.9 Å². The number of aromatic amines is 1. The van der Waals surface area contributed by atoms with Crippen molar-refractivity contribution >= 4 is 0 Å². The zero-order chi connectivity index (χ0) is 18.2. The standard InChI is InChI=1S/C17H10F4N4/c1-9-4-11(6-12(5-9)16-15(8-22)23-25-24-16)10-2-3-14(18)13(7-10)17(19,20)21/h2-7H,1H3,(H,23,24,25). The molecule has 1 N–H and O–H groups in total. The Hall–Kier alpha value is -3.21. The number of nitrogens with zero attached hydrogens (tertiary/aromatic N) is 3. The Morgan fingerprint density at radius 2 is 1.76 bits per heavy atom. The molecule has 0 saturated heterocycles. The van der Waals surface area contributed by atoms with E-state index in [9.17, 15) is 17.6 Å². The van der Waals surface area contributed by atoms with Gasteiger partial charge in [0.1, 0.15) is 17.6 Å². The van der Waals surface area contributed by atoms with Crippen LogP contribution in [0, 0.1) is 24.1 Å². The van der Waals surface area contributed by atoms with Gasteiger partial charge in [0.25, 0.3) is 0 Å². The molecule has 1 heterocycles. The summed E-state index contributed by atoms with van der Waals surface area (Å²) < 4.78 is 52.3. The van der Waals surface area contributed by atoms with Crippen molar-refractivity contribution in [3.8, 4) is 28.5 Å². The first kappa shape index (κ1) is 16.6. The molecular formula is C17H10F4N4. The molecular weight excluding hydrogens is 336 g/mol. The van der Waals surface area contributed by atoms with Crippen LogP contribution in [-0.2, 0) is 6.18 Å². The van der Waals surface area contributed by atoms with Crippen LogP contribution >= 0.6 is 0 Å². The normalized spacial score (nSPS) is 11.4. The summed E-state index contributed by atoms with van der Waals surface area (Å²) in [5.41, 5.74) is 1.05. The molecule has 25 heavy (non-hydrogen) atoms. The number of hydrogen-bond donors (Lipinski definition) is 1. The predicted molar refractivity (Wildman–Crippen MR) is 81.7 cm³/mol. The largest absolute Gasteiger partial charge is 0.419 e. The molecule has 0 saturated carbocycles. The number of benzene rings is 2. The lowest BCUT2D eigenvalue weighted by atomic mass is 9.97. The summed E-state index contributed by atoms with van der Waals surface area (Å²) in [4.78, 5) is 0. The summed E-state index contributed by atoms with van der Waals surface area (Å²) >= 11 is 0. The van der Waals surface area contributed by atoms with E-state index in [0.717, 1.165) is 17.7 Å². The molecule has 0 aliphatic heterocycles. The first-order valence-electron chi connectivity index (χ1n) is 7.10. The lowest BCUT2D eigenvalue weighted by Crippen LogP contribution is -2.08. The Balaban J connectivity index is 2.15. The Kier molecular flexibility index (Phi) is 4.00. The molecule has 0 amide bonds. The second-order valence-corrected chi connectivity index (χ2v) is 5.43. The van der Waals surface area contributed by atoms with Gasteiger partial charge in [0.15, 0.2) is 5.69 Å². The smallest absolute Gasteiger partial charge is 0.247 e. The summed E-state index contributed by atoms with van der Waals surface area (Å²) in [6.07, 6.45) is -4.78. The molecule has 3 aromatic rings. The predicted octanol–water partition coefficient (Wildman–Crippen LogP) is 4.48. The van der Waals surface area contributed by atoms with E-state index in [1.165, 1.54) is 6.07 Å². The number of nitriles is 1. The quantitative estimate of drug-likeness (QED) is 0.696. The third-order valence-corrected chi connectivity index (χ3v) is 3.62. The number of aromatic nitrogens is 3. The van der Waals surface area contributed by atoms with Crippen LogP contribution in [0.2, 0.25) is 0 Å². The molecule has 0 aliphatic rings. The molecule has 0 unspecified atom stereocenters. The fourth-order valence-electron chi connectivity index (χ4n) is 2.52. The molecule has 0 radical (unpaired) electrons. The van der Waals surface area contributed by atoms with Gasteiger partial charge in [0.2, 0.25) is 0 Å². The molecule has 0 bridgehead atoms. The van der Waals surface area contributed by atoms with Crippen LogP contribution < -0.4 is 0 Å². The van der Waals surface area contributed by atoms with Gasteiger partial charge in [-0.3, -0.25) is 0 Å². The molecule has 1 aromatic heterocycles. The maximum atomic E-state index is 13.5. The Morgan fingerprint density at radius 3 is 2.44 bits per heavy atom. The minimum absolute atomic E-state index is 0.145. The van der Waals surface area contributed by atoms with Gasteiger partial charge < -0.3 is 0 Å². The number of aryl methyl sites for hydroxylation is 1. The molecule has 3 rings (SSSR count). The van der Waals surface area contributed by atoms with Crippen LogP contribution in [0.15, 0.2) is 36.4 Å². The maximum absolute atomic E-state index is 13.5. The highest BCUT2D eigenvalue weighted by Crippen LogP contribution is 2.35. The SMILES string of the molecule is Cc1cc(-c2ccc(F)c(C(F)(F)F)c2)cc(-c2nn[nH]c2C#N)c1. The minimum atomic E-state index is -4.78. The van der Waals surface area contributed by atoms with E-state index in [-0.39, 0.29) is 11.3 Å². The van der Waals surface area contributed by atoms with Crippen LogP contribution in [0.5, 0.6) is 0 Å². The van der Waals surface area contributed by atoms with Gasteiger partial charge in [0, 0.05) is 5.56 Å². The lowest BCUT2D eigenvalue weighted by molar-refractivity contribution is -0.139. The van der Waals surface area contributed by atoms with E-state index < -0.39 is 17.6 Å². The van der Waals surface area contributed by atoms with Gasteiger partial charge in [0.05, 0.1) is 5.56 Å². The van der Waals surface area contributed by atoms with Crippen molar-refractivity contribution in [2.24, 2.45) is 0 Å². The fourth-order valence-corrected chi connectivity index (χ4v) is 2.52. The Morgan fingerprint density at radius 1 is 1.04 bits per heavy atom. The highest BCUT2D eigenvalue weighted by molar-refractivity contribution is 5.74. The van der Waals surface area contributed by atoms with Crippen molar-refractivity contribution in [2.75, 3.05) is 0 Å². The number of hydrogen-bond acceptors (Lipinski definition) is 3.